The van der Waals surface area contributed by atoms with E-state index in [1.807, 2.05) is 24.3 Å². The van der Waals surface area contributed by atoms with E-state index in [1.165, 1.54) is 5.56 Å². The molecule has 1 aliphatic heterocycles. The summed E-state index contributed by atoms with van der Waals surface area (Å²) in [5.41, 5.74) is 1.27. The summed E-state index contributed by atoms with van der Waals surface area (Å²) in [7, 11) is 0. The molecule has 0 aliphatic carbocycles. The number of ether oxygens (including phenoxy) is 1. The van der Waals surface area contributed by atoms with E-state index in [0.717, 1.165) is 12.2 Å². The van der Waals surface area contributed by atoms with Crippen molar-refractivity contribution in [2.24, 2.45) is 0 Å². The van der Waals surface area contributed by atoms with Crippen LogP contribution in [0.2, 0.25) is 0 Å². The van der Waals surface area contributed by atoms with Crippen LogP contribution >= 0.6 is 0 Å². The third kappa shape index (κ3) is 1.86. The summed E-state index contributed by atoms with van der Waals surface area (Å²) in [6, 6.07) is 8.08. The molecular weight excluding hydrogens is 147 g/mol. The van der Waals surface area contributed by atoms with E-state index in [2.05, 4.69) is 6.07 Å². The van der Waals surface area contributed by atoms with Gasteiger partial charge in [0.1, 0.15) is 5.75 Å². The predicted octanol–water partition coefficient (Wildman–Crippen LogP) is -0.748. The minimum atomic E-state index is 0. The first-order chi connectivity index (χ1) is 4.97. The quantitative estimate of drug-likeness (QED) is 0.449. The standard InChI is InChI=1S/C9H8O.Na.H/c1-2-6-9-8(4-1)5-3-7-10-9;;/h1-4,6-7H,5H2;;/q;+1;-1. The van der Waals surface area contributed by atoms with Crippen molar-refractivity contribution in [3.8, 4) is 5.75 Å². The average molecular weight is 156 g/mol. The number of fused-ring (bicyclic) bond motifs is 1. The van der Waals surface area contributed by atoms with Crippen molar-refractivity contribution in [1.29, 1.82) is 0 Å². The van der Waals surface area contributed by atoms with Gasteiger partial charge in [0.05, 0.1) is 6.26 Å². The monoisotopic (exact) mass is 156 g/mol. The third-order valence-corrected chi connectivity index (χ3v) is 1.60. The van der Waals surface area contributed by atoms with Crippen LogP contribution in [0.5, 0.6) is 5.75 Å². The van der Waals surface area contributed by atoms with Gasteiger partial charge in [-0.05, 0) is 24.1 Å². The molecule has 0 fully saturated rings. The summed E-state index contributed by atoms with van der Waals surface area (Å²) in [5.74, 6) is 0.991. The first kappa shape index (κ1) is 8.85. The number of benzene rings is 1. The number of hydrogen-bond acceptors (Lipinski definition) is 1. The Hall–Kier alpha value is -0.240. The summed E-state index contributed by atoms with van der Waals surface area (Å²) < 4.78 is 5.24. The summed E-state index contributed by atoms with van der Waals surface area (Å²) in [5, 5.41) is 0. The first-order valence-corrected chi connectivity index (χ1v) is 3.36. The normalized spacial score (nSPS) is 12.7. The van der Waals surface area contributed by atoms with E-state index in [4.69, 9.17) is 4.74 Å². The second-order valence-electron chi connectivity index (χ2n) is 2.30. The maximum atomic E-state index is 5.24. The zero-order chi connectivity index (χ0) is 6.81. The summed E-state index contributed by atoms with van der Waals surface area (Å²) in [6.45, 7) is 0. The van der Waals surface area contributed by atoms with Crippen LogP contribution in [0, 0.1) is 0 Å². The molecule has 52 valence electrons. The second-order valence-corrected chi connectivity index (χ2v) is 2.30. The predicted molar refractivity (Wildman–Crippen MR) is 41.0 cm³/mol. The number of hydrogen-bond donors (Lipinski definition) is 0. The van der Waals surface area contributed by atoms with Crippen molar-refractivity contribution < 1.29 is 35.7 Å². The minimum absolute atomic E-state index is 0. The Morgan fingerprint density at radius 1 is 1.27 bits per heavy atom. The SMILES string of the molecule is C1=COc2ccccc2C1.[H-].[Na+]. The largest absolute Gasteiger partial charge is 1.00 e. The molecule has 1 nitrogen and oxygen atoms in total. The Labute approximate surface area is 89.8 Å². The van der Waals surface area contributed by atoms with Gasteiger partial charge in [-0.1, -0.05) is 18.2 Å². The van der Waals surface area contributed by atoms with Crippen LogP contribution in [0.4, 0.5) is 0 Å². The van der Waals surface area contributed by atoms with Crippen molar-refractivity contribution in [1.82, 2.24) is 0 Å². The van der Waals surface area contributed by atoms with E-state index in [9.17, 15) is 0 Å². The Morgan fingerprint density at radius 2 is 2.09 bits per heavy atom. The molecule has 11 heavy (non-hydrogen) atoms. The molecule has 1 aromatic carbocycles. The van der Waals surface area contributed by atoms with Crippen LogP contribution in [0.3, 0.4) is 0 Å². The summed E-state index contributed by atoms with van der Waals surface area (Å²) in [4.78, 5) is 0. The molecule has 0 unspecified atom stereocenters. The van der Waals surface area contributed by atoms with Crippen LogP contribution in [0.15, 0.2) is 36.6 Å². The molecule has 1 heterocycles. The molecule has 0 N–H and O–H groups in total. The zero-order valence-corrected chi connectivity index (χ0v) is 8.58. The van der Waals surface area contributed by atoms with Crippen LogP contribution in [-0.2, 0) is 6.42 Å². The minimum Gasteiger partial charge on any atom is -1.00 e. The van der Waals surface area contributed by atoms with Gasteiger partial charge in [-0.3, -0.25) is 0 Å². The van der Waals surface area contributed by atoms with E-state index < -0.39 is 0 Å². The van der Waals surface area contributed by atoms with Gasteiger partial charge < -0.3 is 6.16 Å². The van der Waals surface area contributed by atoms with Gasteiger partial charge in [0.2, 0.25) is 0 Å². The van der Waals surface area contributed by atoms with Crippen molar-refractivity contribution >= 4 is 0 Å². The van der Waals surface area contributed by atoms with Gasteiger partial charge in [0, 0.05) is 0 Å². The Morgan fingerprint density at radius 3 is 2.91 bits per heavy atom. The van der Waals surface area contributed by atoms with Crippen LogP contribution in [0.25, 0.3) is 0 Å². The van der Waals surface area contributed by atoms with Gasteiger partial charge in [0.15, 0.2) is 0 Å². The number of allylic oxidation sites excluding steroid dienone is 1. The fraction of sp³-hybridized carbons (Fsp3) is 0.111. The third-order valence-electron chi connectivity index (χ3n) is 1.60. The van der Waals surface area contributed by atoms with Crippen LogP contribution in [-0.4, -0.2) is 0 Å². The Kier molecular flexibility index (Phi) is 3.18. The number of rotatable bonds is 0. The fourth-order valence-corrected chi connectivity index (χ4v) is 1.08. The number of para-hydroxylation sites is 1. The first-order valence-electron chi connectivity index (χ1n) is 3.36. The fourth-order valence-electron chi connectivity index (χ4n) is 1.08. The smallest absolute Gasteiger partial charge is 1.00 e. The van der Waals surface area contributed by atoms with E-state index in [1.54, 1.807) is 6.26 Å². The molecule has 0 amide bonds. The van der Waals surface area contributed by atoms with Gasteiger partial charge >= 0.3 is 29.6 Å². The molecular formula is C9H9NaO. The molecule has 0 spiro atoms. The van der Waals surface area contributed by atoms with Crippen LogP contribution in [0.1, 0.15) is 6.99 Å². The molecule has 0 saturated carbocycles. The van der Waals surface area contributed by atoms with Gasteiger partial charge in [-0.2, -0.15) is 0 Å². The molecule has 0 saturated heterocycles. The molecule has 2 rings (SSSR count). The Balaban J connectivity index is 0.000000605. The molecule has 2 heteroatoms. The molecule has 1 aliphatic rings. The average Bonchev–Trinajstić information content (AvgIpc) is 2.05. The van der Waals surface area contributed by atoms with Crippen molar-refractivity contribution in [2.75, 3.05) is 0 Å². The zero-order valence-electron chi connectivity index (χ0n) is 7.58. The van der Waals surface area contributed by atoms with Crippen molar-refractivity contribution in [3.05, 3.63) is 42.2 Å². The van der Waals surface area contributed by atoms with E-state index in [0.29, 0.717) is 0 Å². The van der Waals surface area contributed by atoms with Crippen molar-refractivity contribution in [2.45, 2.75) is 6.42 Å². The van der Waals surface area contributed by atoms with Crippen LogP contribution < -0.4 is 34.3 Å². The molecule has 0 radical (unpaired) electrons. The second kappa shape index (κ2) is 3.96. The maximum absolute atomic E-state index is 5.24. The Bertz CT molecular complexity index is 246. The summed E-state index contributed by atoms with van der Waals surface area (Å²) in [6.07, 6.45) is 4.75. The van der Waals surface area contributed by atoms with Gasteiger partial charge in [-0.25, -0.2) is 0 Å². The topological polar surface area (TPSA) is 9.23 Å². The molecule has 0 aromatic heterocycles. The molecule has 1 aromatic rings. The summed E-state index contributed by atoms with van der Waals surface area (Å²) >= 11 is 0. The molecule has 0 atom stereocenters. The van der Waals surface area contributed by atoms with E-state index >= 15 is 0 Å². The molecule has 0 bridgehead atoms. The van der Waals surface area contributed by atoms with Gasteiger partial charge in [-0.15, -0.1) is 0 Å². The van der Waals surface area contributed by atoms with Crippen molar-refractivity contribution in [3.63, 3.8) is 0 Å². The maximum Gasteiger partial charge on any atom is 1.00 e. The van der Waals surface area contributed by atoms with Gasteiger partial charge in [0.25, 0.3) is 0 Å². The van der Waals surface area contributed by atoms with E-state index in [-0.39, 0.29) is 31.0 Å².